The van der Waals surface area contributed by atoms with Gasteiger partial charge in [-0.15, -0.1) is 0 Å². The molecule has 0 saturated carbocycles. The van der Waals surface area contributed by atoms with E-state index in [9.17, 15) is 0 Å². The Morgan fingerprint density at radius 1 is 0.278 bits per heavy atom. The first-order chi connectivity index (χ1) is 16.3. The van der Waals surface area contributed by atoms with Gasteiger partial charge in [0.25, 0.3) is 0 Å². The van der Waals surface area contributed by atoms with Crippen molar-refractivity contribution in [3.63, 3.8) is 0 Å². The summed E-state index contributed by atoms with van der Waals surface area (Å²) in [5.41, 5.74) is 0. The third kappa shape index (κ3) is 31.1. The molecule has 0 aromatic heterocycles. The summed E-state index contributed by atoms with van der Waals surface area (Å²) in [6, 6.07) is 0. The van der Waals surface area contributed by atoms with Crippen LogP contribution in [-0.4, -0.2) is 63.3 Å². The molecule has 2 nitrogen and oxygen atoms in total. The summed E-state index contributed by atoms with van der Waals surface area (Å²) >= 11 is 0. The second-order valence-corrected chi connectivity index (χ2v) is 12.8. The Morgan fingerprint density at radius 3 is 0.667 bits per heavy atom. The zero-order valence-corrected chi connectivity index (χ0v) is 29.2. The van der Waals surface area contributed by atoms with Crippen molar-refractivity contribution in [1.82, 2.24) is 0 Å². The van der Waals surface area contributed by atoms with Crippen LogP contribution < -0.4 is 34.0 Å². The number of halogens is 2. The van der Waals surface area contributed by atoms with Gasteiger partial charge in [-0.3, -0.25) is 0 Å². The second kappa shape index (κ2) is 28.9. The van der Waals surface area contributed by atoms with Crippen LogP contribution in [0, 0.1) is 0 Å². The molecule has 0 aliphatic heterocycles. The van der Waals surface area contributed by atoms with Crippen LogP contribution in [0.15, 0.2) is 0 Å². The van der Waals surface area contributed by atoms with Crippen LogP contribution in [0.5, 0.6) is 0 Å². The molecule has 0 N–H and O–H groups in total. The predicted molar refractivity (Wildman–Crippen MR) is 157 cm³/mol. The van der Waals surface area contributed by atoms with Crippen LogP contribution in [-0.2, 0) is 0 Å². The summed E-state index contributed by atoms with van der Waals surface area (Å²) in [5.74, 6) is 0. The summed E-state index contributed by atoms with van der Waals surface area (Å²) in [5, 5.41) is 0. The summed E-state index contributed by atoms with van der Waals surface area (Å²) in [7, 11) is 9.78. The summed E-state index contributed by atoms with van der Waals surface area (Å²) in [6.45, 7) is 10.1. The number of hydrogen-bond acceptors (Lipinski definition) is 0. The standard InChI is InChI=1S/C32H70N2.2BrH/c1-7-9-11-13-14-15-16-17-18-19-20-21-22-26-30-34(5,6)32-28-24-23-27-31-33(3,4)29-25-12-10-8-2;;/h7-32H2,1-6H3;2*1H/q+2;;/p-2. The molecule has 0 saturated heterocycles. The van der Waals surface area contributed by atoms with E-state index in [-0.39, 0.29) is 34.0 Å². The van der Waals surface area contributed by atoms with E-state index in [2.05, 4.69) is 42.0 Å². The highest BCUT2D eigenvalue weighted by atomic mass is 79.9. The van der Waals surface area contributed by atoms with E-state index < -0.39 is 0 Å². The minimum Gasteiger partial charge on any atom is -1.00 e. The number of nitrogens with zero attached hydrogens (tertiary/aromatic N) is 2. The lowest BCUT2D eigenvalue weighted by Crippen LogP contribution is -3.00. The lowest BCUT2D eigenvalue weighted by atomic mass is 10.0. The van der Waals surface area contributed by atoms with Crippen LogP contribution in [0.4, 0.5) is 0 Å². The van der Waals surface area contributed by atoms with Crippen molar-refractivity contribution in [2.45, 2.75) is 155 Å². The van der Waals surface area contributed by atoms with Crippen molar-refractivity contribution in [3.05, 3.63) is 0 Å². The van der Waals surface area contributed by atoms with Gasteiger partial charge in [0.15, 0.2) is 0 Å². The number of unbranched alkanes of at least 4 members (excludes halogenated alkanes) is 19. The van der Waals surface area contributed by atoms with Gasteiger partial charge in [0, 0.05) is 0 Å². The summed E-state index contributed by atoms with van der Waals surface area (Å²) in [6.07, 6.45) is 31.7. The van der Waals surface area contributed by atoms with Crippen molar-refractivity contribution < 1.29 is 42.9 Å². The average Bonchev–Trinajstić information content (AvgIpc) is 2.79. The molecule has 4 heteroatoms. The number of hydrogen-bond donors (Lipinski definition) is 0. The van der Waals surface area contributed by atoms with Crippen LogP contribution in [0.2, 0.25) is 0 Å². The first-order valence-corrected chi connectivity index (χ1v) is 16.0. The zero-order valence-electron chi connectivity index (χ0n) is 26.0. The van der Waals surface area contributed by atoms with Gasteiger partial charge in [0.1, 0.15) is 0 Å². The van der Waals surface area contributed by atoms with Gasteiger partial charge < -0.3 is 42.9 Å². The quantitative estimate of drug-likeness (QED) is 0.0947. The molecule has 0 aromatic carbocycles. The van der Waals surface area contributed by atoms with Gasteiger partial charge in [-0.2, -0.15) is 0 Å². The molecule has 0 aromatic rings. The highest BCUT2D eigenvalue weighted by Gasteiger charge is 2.15. The third-order valence-electron chi connectivity index (χ3n) is 8.01. The Balaban J connectivity index is -0.00000544. The van der Waals surface area contributed by atoms with Crippen molar-refractivity contribution in [2.24, 2.45) is 0 Å². The highest BCUT2D eigenvalue weighted by Crippen LogP contribution is 2.14. The first kappa shape index (κ1) is 41.4. The molecule has 0 aliphatic rings. The molecule has 36 heavy (non-hydrogen) atoms. The van der Waals surface area contributed by atoms with E-state index >= 15 is 0 Å². The predicted octanol–water partition coefficient (Wildman–Crippen LogP) is 3.77. The fraction of sp³-hybridized carbons (Fsp3) is 1.00. The normalized spacial score (nSPS) is 11.8. The summed E-state index contributed by atoms with van der Waals surface area (Å²) < 4.78 is 2.46. The van der Waals surface area contributed by atoms with Gasteiger partial charge in [0.05, 0.1) is 54.4 Å². The maximum atomic E-state index is 2.46. The molecule has 0 radical (unpaired) electrons. The molecule has 0 heterocycles. The molecule has 0 spiro atoms. The molecule has 222 valence electrons. The maximum absolute atomic E-state index is 2.46. The zero-order chi connectivity index (χ0) is 25.4. The van der Waals surface area contributed by atoms with E-state index in [0.29, 0.717) is 0 Å². The Bertz CT molecular complexity index is 413. The Morgan fingerprint density at radius 2 is 0.444 bits per heavy atom. The van der Waals surface area contributed by atoms with Gasteiger partial charge in [0.2, 0.25) is 0 Å². The molecule has 0 bridgehead atoms. The molecule has 0 fully saturated rings. The van der Waals surface area contributed by atoms with Crippen molar-refractivity contribution in [3.8, 4) is 0 Å². The molecule has 0 unspecified atom stereocenters. The fourth-order valence-electron chi connectivity index (χ4n) is 5.36. The average molecular weight is 643 g/mol. The summed E-state index contributed by atoms with van der Waals surface area (Å²) in [4.78, 5) is 0. The molecule has 0 aliphatic carbocycles. The first-order valence-electron chi connectivity index (χ1n) is 16.0. The fourth-order valence-corrected chi connectivity index (χ4v) is 5.36. The van der Waals surface area contributed by atoms with Gasteiger partial charge >= 0.3 is 0 Å². The van der Waals surface area contributed by atoms with Crippen LogP contribution in [0.1, 0.15) is 155 Å². The van der Waals surface area contributed by atoms with E-state index in [0.717, 1.165) is 0 Å². The molecule has 0 amide bonds. The second-order valence-electron chi connectivity index (χ2n) is 12.8. The maximum Gasteiger partial charge on any atom is 0.0782 e. The SMILES string of the molecule is CCCCCCCCCCCCCCCC[N+](C)(C)CCCCCC[N+](C)(C)CCCCCC.[Br-].[Br-]. The van der Waals surface area contributed by atoms with Gasteiger partial charge in [-0.1, -0.05) is 104 Å². The molecule has 0 atom stereocenters. The van der Waals surface area contributed by atoms with Crippen LogP contribution in [0.3, 0.4) is 0 Å². The van der Waals surface area contributed by atoms with E-state index in [1.54, 1.807) is 0 Å². The van der Waals surface area contributed by atoms with Crippen LogP contribution >= 0.6 is 0 Å². The number of rotatable bonds is 27. The van der Waals surface area contributed by atoms with Crippen molar-refractivity contribution in [2.75, 3.05) is 54.4 Å². The Labute approximate surface area is 251 Å². The largest absolute Gasteiger partial charge is 1.00 e. The van der Waals surface area contributed by atoms with Crippen LogP contribution in [0.25, 0.3) is 0 Å². The molecular weight excluding hydrogens is 572 g/mol. The molecule has 0 rings (SSSR count). The van der Waals surface area contributed by atoms with E-state index in [4.69, 9.17) is 0 Å². The van der Waals surface area contributed by atoms with E-state index in [1.807, 2.05) is 0 Å². The number of quaternary nitrogens is 2. The van der Waals surface area contributed by atoms with Crippen molar-refractivity contribution >= 4 is 0 Å². The Kier molecular flexibility index (Phi) is 33.2. The van der Waals surface area contributed by atoms with Gasteiger partial charge in [-0.25, -0.2) is 0 Å². The third-order valence-corrected chi connectivity index (χ3v) is 8.01. The minimum atomic E-state index is 0. The minimum absolute atomic E-state index is 0. The topological polar surface area (TPSA) is 0 Å². The highest BCUT2D eigenvalue weighted by molar-refractivity contribution is 4.50. The monoisotopic (exact) mass is 640 g/mol. The molecular formula is C32H70Br2N2. The Hall–Kier alpha value is 0.880. The van der Waals surface area contributed by atoms with Gasteiger partial charge in [-0.05, 0) is 51.4 Å². The smallest absolute Gasteiger partial charge is 0.0782 e. The lowest BCUT2D eigenvalue weighted by Gasteiger charge is -2.31. The van der Waals surface area contributed by atoms with E-state index in [1.165, 1.54) is 176 Å². The lowest BCUT2D eigenvalue weighted by molar-refractivity contribution is -0.891. The van der Waals surface area contributed by atoms with Crippen molar-refractivity contribution in [1.29, 1.82) is 0 Å².